The van der Waals surface area contributed by atoms with Crippen LogP contribution in [0.2, 0.25) is 0 Å². The first-order valence-corrected chi connectivity index (χ1v) is 6.00. The minimum Gasteiger partial charge on any atom is -0.256 e. The summed E-state index contributed by atoms with van der Waals surface area (Å²) >= 11 is 0. The maximum Gasteiger partial charge on any atom is 0.0702 e. The quantitative estimate of drug-likeness (QED) is 0.703. The summed E-state index contributed by atoms with van der Waals surface area (Å²) < 4.78 is 0. The highest BCUT2D eigenvalue weighted by molar-refractivity contribution is 5.59. The van der Waals surface area contributed by atoms with E-state index in [1.54, 1.807) is 0 Å². The molecule has 2 rings (SSSR count). The molecule has 2 aromatic rings. The monoisotopic (exact) mass is 225 g/mol. The fraction of sp³-hybridized carbons (Fsp3) is 0.312. The van der Waals surface area contributed by atoms with Crippen LogP contribution in [0.25, 0.3) is 11.3 Å². The molecular formula is C16H19N. The Balaban J connectivity index is 2.33. The molecule has 0 radical (unpaired) electrons. The van der Waals surface area contributed by atoms with Crippen LogP contribution in [0.4, 0.5) is 0 Å². The third-order valence-corrected chi connectivity index (χ3v) is 2.98. The fourth-order valence-corrected chi connectivity index (χ4v) is 1.73. The predicted octanol–water partition coefficient (Wildman–Crippen LogP) is 4.35. The molecule has 1 heterocycles. The van der Waals surface area contributed by atoms with E-state index in [1.165, 1.54) is 16.7 Å². The molecule has 0 aliphatic carbocycles. The normalized spacial score (nSPS) is 11.5. The number of benzene rings is 1. The summed E-state index contributed by atoms with van der Waals surface area (Å²) in [6.45, 7) is 8.71. The van der Waals surface area contributed by atoms with E-state index in [2.05, 4.69) is 69.1 Å². The molecule has 0 spiro atoms. The molecule has 0 aliphatic heterocycles. The second-order valence-electron chi connectivity index (χ2n) is 5.55. The van der Waals surface area contributed by atoms with Crippen molar-refractivity contribution >= 4 is 0 Å². The van der Waals surface area contributed by atoms with Gasteiger partial charge in [-0.15, -0.1) is 0 Å². The van der Waals surface area contributed by atoms with Crippen molar-refractivity contribution < 1.29 is 0 Å². The Hall–Kier alpha value is -1.63. The van der Waals surface area contributed by atoms with Gasteiger partial charge in [-0.2, -0.15) is 0 Å². The zero-order chi connectivity index (χ0) is 12.5. The molecule has 0 saturated heterocycles. The molecule has 0 atom stereocenters. The minimum atomic E-state index is 0.165. The number of nitrogens with zero attached hydrogens (tertiary/aromatic N) is 1. The number of hydrogen-bond acceptors (Lipinski definition) is 1. The van der Waals surface area contributed by atoms with Gasteiger partial charge in [0.2, 0.25) is 0 Å². The van der Waals surface area contributed by atoms with E-state index in [-0.39, 0.29) is 5.41 Å². The van der Waals surface area contributed by atoms with Crippen LogP contribution in [0.1, 0.15) is 31.9 Å². The summed E-state index contributed by atoms with van der Waals surface area (Å²) in [7, 11) is 0. The van der Waals surface area contributed by atoms with Crippen molar-refractivity contribution in [2.24, 2.45) is 0 Å². The Morgan fingerprint density at radius 3 is 2.00 bits per heavy atom. The number of pyridine rings is 1. The van der Waals surface area contributed by atoms with E-state index in [0.29, 0.717) is 0 Å². The Kier molecular flexibility index (Phi) is 3.01. The van der Waals surface area contributed by atoms with Crippen molar-refractivity contribution in [3.8, 4) is 11.3 Å². The molecule has 0 bridgehead atoms. The highest BCUT2D eigenvalue weighted by Crippen LogP contribution is 2.24. The first-order chi connectivity index (χ1) is 7.97. The highest BCUT2D eigenvalue weighted by Gasteiger charge is 2.13. The molecule has 1 aromatic carbocycles. The first-order valence-electron chi connectivity index (χ1n) is 6.00. The van der Waals surface area contributed by atoms with Gasteiger partial charge in [-0.05, 0) is 24.0 Å². The van der Waals surface area contributed by atoms with Gasteiger partial charge in [-0.3, -0.25) is 4.98 Å². The Morgan fingerprint density at radius 1 is 0.882 bits per heavy atom. The molecule has 17 heavy (non-hydrogen) atoms. The van der Waals surface area contributed by atoms with Crippen LogP contribution in [0.15, 0.2) is 42.6 Å². The molecule has 0 unspecified atom stereocenters. The van der Waals surface area contributed by atoms with Gasteiger partial charge < -0.3 is 0 Å². The lowest BCUT2D eigenvalue weighted by Gasteiger charge is -2.18. The second kappa shape index (κ2) is 4.33. The number of hydrogen-bond donors (Lipinski definition) is 0. The van der Waals surface area contributed by atoms with Gasteiger partial charge in [0.05, 0.1) is 5.69 Å². The van der Waals surface area contributed by atoms with Gasteiger partial charge in [-0.1, -0.05) is 56.7 Å². The van der Waals surface area contributed by atoms with Crippen molar-refractivity contribution in [2.75, 3.05) is 0 Å². The summed E-state index contributed by atoms with van der Waals surface area (Å²) in [6.07, 6.45) is 1.98. The summed E-state index contributed by atoms with van der Waals surface area (Å²) in [5.74, 6) is 0. The van der Waals surface area contributed by atoms with E-state index in [0.717, 1.165) is 5.69 Å². The third-order valence-electron chi connectivity index (χ3n) is 2.98. The molecule has 0 amide bonds. The molecule has 88 valence electrons. The molecule has 1 heteroatoms. The van der Waals surface area contributed by atoms with Crippen molar-refractivity contribution in [1.82, 2.24) is 4.98 Å². The van der Waals surface area contributed by atoms with Crippen molar-refractivity contribution in [3.05, 3.63) is 53.7 Å². The lowest BCUT2D eigenvalue weighted by molar-refractivity contribution is 0.587. The van der Waals surface area contributed by atoms with Gasteiger partial charge in [-0.25, -0.2) is 0 Å². The van der Waals surface area contributed by atoms with Crippen LogP contribution in [0.5, 0.6) is 0 Å². The molecule has 0 saturated carbocycles. The average Bonchev–Trinajstić information content (AvgIpc) is 2.29. The standard InChI is InChI=1S/C16H19N/c1-12-5-7-13(8-6-12)15-10-9-14(11-17-15)16(2,3)4/h5-11H,1-4H3. The van der Waals surface area contributed by atoms with Crippen molar-refractivity contribution in [1.29, 1.82) is 0 Å². The minimum absolute atomic E-state index is 0.165. The van der Waals surface area contributed by atoms with Gasteiger partial charge in [0, 0.05) is 11.8 Å². The van der Waals surface area contributed by atoms with Crippen LogP contribution >= 0.6 is 0 Å². The van der Waals surface area contributed by atoms with E-state index in [9.17, 15) is 0 Å². The highest BCUT2D eigenvalue weighted by atomic mass is 14.7. The van der Waals surface area contributed by atoms with Gasteiger partial charge in [0.1, 0.15) is 0 Å². The van der Waals surface area contributed by atoms with Crippen molar-refractivity contribution in [2.45, 2.75) is 33.1 Å². The summed E-state index contributed by atoms with van der Waals surface area (Å²) in [5, 5.41) is 0. The summed E-state index contributed by atoms with van der Waals surface area (Å²) in [4.78, 5) is 4.55. The molecule has 1 aromatic heterocycles. The van der Waals surface area contributed by atoms with E-state index < -0.39 is 0 Å². The van der Waals surface area contributed by atoms with E-state index in [4.69, 9.17) is 0 Å². The number of rotatable bonds is 1. The summed E-state index contributed by atoms with van der Waals surface area (Å²) in [6, 6.07) is 12.7. The third kappa shape index (κ3) is 2.73. The zero-order valence-corrected chi connectivity index (χ0v) is 11.0. The van der Waals surface area contributed by atoms with E-state index >= 15 is 0 Å². The maximum atomic E-state index is 4.55. The van der Waals surface area contributed by atoms with Gasteiger partial charge >= 0.3 is 0 Å². The van der Waals surface area contributed by atoms with Crippen LogP contribution in [-0.2, 0) is 5.41 Å². The Labute approximate surface area is 104 Å². The van der Waals surface area contributed by atoms with E-state index in [1.807, 2.05) is 6.20 Å². The first kappa shape index (κ1) is 11.8. The largest absolute Gasteiger partial charge is 0.256 e. The smallest absolute Gasteiger partial charge is 0.0702 e. The van der Waals surface area contributed by atoms with Crippen LogP contribution in [0, 0.1) is 6.92 Å². The number of aryl methyl sites for hydroxylation is 1. The van der Waals surface area contributed by atoms with Crippen LogP contribution < -0.4 is 0 Å². The Bertz CT molecular complexity index is 487. The lowest BCUT2D eigenvalue weighted by atomic mass is 9.88. The lowest BCUT2D eigenvalue weighted by Crippen LogP contribution is -2.11. The van der Waals surface area contributed by atoms with Gasteiger partial charge in [0.15, 0.2) is 0 Å². The maximum absolute atomic E-state index is 4.55. The Morgan fingerprint density at radius 2 is 1.53 bits per heavy atom. The zero-order valence-electron chi connectivity index (χ0n) is 11.0. The van der Waals surface area contributed by atoms with Crippen LogP contribution in [-0.4, -0.2) is 4.98 Å². The molecular weight excluding hydrogens is 206 g/mol. The summed E-state index contributed by atoms with van der Waals surface area (Å²) in [5.41, 5.74) is 4.93. The second-order valence-corrected chi connectivity index (χ2v) is 5.55. The molecule has 0 fully saturated rings. The predicted molar refractivity (Wildman–Crippen MR) is 73.1 cm³/mol. The van der Waals surface area contributed by atoms with Crippen molar-refractivity contribution in [3.63, 3.8) is 0 Å². The number of aromatic nitrogens is 1. The SMILES string of the molecule is Cc1ccc(-c2ccc(C(C)(C)C)cn2)cc1. The topological polar surface area (TPSA) is 12.9 Å². The molecule has 0 aliphatic rings. The molecule has 0 N–H and O–H groups in total. The fourth-order valence-electron chi connectivity index (χ4n) is 1.73. The average molecular weight is 225 g/mol. The van der Waals surface area contributed by atoms with Crippen LogP contribution in [0.3, 0.4) is 0 Å². The van der Waals surface area contributed by atoms with Gasteiger partial charge in [0.25, 0.3) is 0 Å². The molecule has 1 nitrogen and oxygen atoms in total.